The largest absolute Gasteiger partial charge is 0.481 e. The number of nitrogens with zero attached hydrogens (tertiary/aromatic N) is 2. The number of carbonyl (C=O) groups is 1. The average Bonchev–Trinajstić information content (AvgIpc) is 2.67. The van der Waals surface area contributed by atoms with Crippen molar-refractivity contribution in [3.8, 4) is 0 Å². The number of likely N-dealkylation sites (tertiary alicyclic amines) is 2. The smallest absolute Gasteiger partial charge is 0.303 e. The quantitative estimate of drug-likeness (QED) is 0.812. The minimum Gasteiger partial charge on any atom is -0.481 e. The molecule has 2 rings (SSSR count). The van der Waals surface area contributed by atoms with Gasteiger partial charge in [-0.25, -0.2) is 0 Å². The molecule has 2 saturated heterocycles. The molecule has 2 fully saturated rings. The fourth-order valence-electron chi connectivity index (χ4n) is 3.64. The van der Waals surface area contributed by atoms with Gasteiger partial charge >= 0.3 is 5.97 Å². The first kappa shape index (κ1) is 15.8. The highest BCUT2D eigenvalue weighted by Crippen LogP contribution is 2.20. The summed E-state index contributed by atoms with van der Waals surface area (Å²) in [6.45, 7) is 7.13. The van der Waals surface area contributed by atoms with Crippen molar-refractivity contribution in [3.05, 3.63) is 0 Å². The summed E-state index contributed by atoms with van der Waals surface area (Å²) in [6, 6.07) is 0. The van der Waals surface area contributed by atoms with Crippen LogP contribution >= 0.6 is 0 Å². The van der Waals surface area contributed by atoms with Crippen molar-refractivity contribution in [3.63, 3.8) is 0 Å². The second-order valence-electron chi connectivity index (χ2n) is 6.52. The summed E-state index contributed by atoms with van der Waals surface area (Å²) in [7, 11) is 0. The zero-order chi connectivity index (χ0) is 14.2. The van der Waals surface area contributed by atoms with E-state index >= 15 is 0 Å². The monoisotopic (exact) mass is 282 g/mol. The Labute approximate surface area is 123 Å². The zero-order valence-corrected chi connectivity index (χ0v) is 12.7. The third kappa shape index (κ3) is 5.80. The van der Waals surface area contributed by atoms with Crippen LogP contribution in [-0.4, -0.2) is 60.1 Å². The highest BCUT2D eigenvalue weighted by molar-refractivity contribution is 5.66. The van der Waals surface area contributed by atoms with E-state index in [1.165, 1.54) is 64.7 Å². The van der Waals surface area contributed by atoms with E-state index in [-0.39, 0.29) is 0 Å². The number of piperidine rings is 1. The topological polar surface area (TPSA) is 43.8 Å². The van der Waals surface area contributed by atoms with Gasteiger partial charge in [-0.1, -0.05) is 12.8 Å². The van der Waals surface area contributed by atoms with E-state index in [9.17, 15) is 4.79 Å². The van der Waals surface area contributed by atoms with Crippen molar-refractivity contribution in [2.45, 2.75) is 51.4 Å². The van der Waals surface area contributed by atoms with Gasteiger partial charge in [0.05, 0.1) is 0 Å². The van der Waals surface area contributed by atoms with Gasteiger partial charge in [-0.05, 0) is 64.2 Å². The van der Waals surface area contributed by atoms with Crippen molar-refractivity contribution in [1.82, 2.24) is 9.80 Å². The number of carboxylic acids is 1. The number of aliphatic carboxylic acids is 1. The lowest BCUT2D eigenvalue weighted by molar-refractivity contribution is -0.137. The minimum absolute atomic E-state index is 0.313. The van der Waals surface area contributed by atoms with E-state index in [2.05, 4.69) is 9.80 Å². The molecule has 4 heteroatoms. The molecule has 0 saturated carbocycles. The Kier molecular flexibility index (Phi) is 6.80. The summed E-state index contributed by atoms with van der Waals surface area (Å²) in [5, 5.41) is 8.71. The first-order valence-corrected chi connectivity index (χ1v) is 8.40. The Hall–Kier alpha value is -0.610. The summed E-state index contributed by atoms with van der Waals surface area (Å²) < 4.78 is 0. The van der Waals surface area contributed by atoms with Crippen molar-refractivity contribution < 1.29 is 9.90 Å². The first-order valence-electron chi connectivity index (χ1n) is 8.40. The third-order valence-electron chi connectivity index (χ3n) is 4.68. The lowest BCUT2D eigenvalue weighted by atomic mass is 9.97. The molecule has 0 radical (unpaired) electrons. The van der Waals surface area contributed by atoms with Gasteiger partial charge in [0.25, 0.3) is 0 Å². The predicted molar refractivity (Wildman–Crippen MR) is 80.9 cm³/mol. The van der Waals surface area contributed by atoms with Gasteiger partial charge in [0.1, 0.15) is 0 Å². The summed E-state index contributed by atoms with van der Waals surface area (Å²) in [5.41, 5.74) is 0. The summed E-state index contributed by atoms with van der Waals surface area (Å²) in [4.78, 5) is 15.7. The van der Waals surface area contributed by atoms with E-state index in [0.717, 1.165) is 25.4 Å². The van der Waals surface area contributed by atoms with E-state index in [4.69, 9.17) is 5.11 Å². The maximum absolute atomic E-state index is 10.6. The van der Waals surface area contributed by atoms with Crippen molar-refractivity contribution in [2.75, 3.05) is 39.3 Å². The highest BCUT2D eigenvalue weighted by Gasteiger charge is 2.22. The minimum atomic E-state index is -0.664. The standard InChI is InChI=1S/C16H30N2O2/c19-16(20)8-6-12-18-11-5-7-15(14-18)13-17-9-3-1-2-4-10-17/h15H,1-14H2,(H,19,20)/t15-/m0/s1. The van der Waals surface area contributed by atoms with Gasteiger partial charge in [-0.3, -0.25) is 4.79 Å². The molecule has 20 heavy (non-hydrogen) atoms. The van der Waals surface area contributed by atoms with Crippen LogP contribution < -0.4 is 0 Å². The molecule has 0 aromatic carbocycles. The SMILES string of the molecule is O=C(O)CCCN1CCC[C@@H](CN2CCCCCC2)C1. The Balaban J connectivity index is 1.68. The Morgan fingerprint density at radius 1 is 1.00 bits per heavy atom. The van der Waals surface area contributed by atoms with E-state index in [0.29, 0.717) is 6.42 Å². The van der Waals surface area contributed by atoms with Crippen LogP contribution in [0.2, 0.25) is 0 Å². The van der Waals surface area contributed by atoms with Gasteiger partial charge in [-0.15, -0.1) is 0 Å². The van der Waals surface area contributed by atoms with Gasteiger partial charge in [0.2, 0.25) is 0 Å². The van der Waals surface area contributed by atoms with Crippen molar-refractivity contribution >= 4 is 5.97 Å². The van der Waals surface area contributed by atoms with Crippen LogP contribution in [-0.2, 0) is 4.79 Å². The Morgan fingerprint density at radius 2 is 1.70 bits per heavy atom. The zero-order valence-electron chi connectivity index (χ0n) is 12.7. The van der Waals surface area contributed by atoms with Crippen LogP contribution in [0, 0.1) is 5.92 Å². The Bertz CT molecular complexity index is 288. The fraction of sp³-hybridized carbons (Fsp3) is 0.938. The number of hydrogen-bond donors (Lipinski definition) is 1. The van der Waals surface area contributed by atoms with Crippen molar-refractivity contribution in [2.24, 2.45) is 5.92 Å². The molecule has 0 amide bonds. The lowest BCUT2D eigenvalue weighted by Gasteiger charge is -2.35. The molecular formula is C16H30N2O2. The van der Waals surface area contributed by atoms with Crippen LogP contribution in [0.25, 0.3) is 0 Å². The Morgan fingerprint density at radius 3 is 2.40 bits per heavy atom. The molecule has 1 atom stereocenters. The van der Waals surface area contributed by atoms with Gasteiger partial charge in [-0.2, -0.15) is 0 Å². The highest BCUT2D eigenvalue weighted by atomic mass is 16.4. The van der Waals surface area contributed by atoms with E-state index in [1.54, 1.807) is 0 Å². The average molecular weight is 282 g/mol. The molecular weight excluding hydrogens is 252 g/mol. The summed E-state index contributed by atoms with van der Waals surface area (Å²) in [5.74, 6) is 0.134. The van der Waals surface area contributed by atoms with Crippen LogP contribution in [0.15, 0.2) is 0 Å². The molecule has 0 bridgehead atoms. The van der Waals surface area contributed by atoms with Crippen LogP contribution in [0.4, 0.5) is 0 Å². The number of rotatable bonds is 6. The van der Waals surface area contributed by atoms with E-state index < -0.39 is 5.97 Å². The molecule has 116 valence electrons. The molecule has 0 aliphatic carbocycles. The first-order chi connectivity index (χ1) is 9.74. The summed E-state index contributed by atoms with van der Waals surface area (Å²) in [6.07, 6.45) is 9.30. The number of hydrogen-bond acceptors (Lipinski definition) is 3. The molecule has 0 unspecified atom stereocenters. The number of carboxylic acid groups (broad SMARTS) is 1. The molecule has 2 aliphatic heterocycles. The lowest BCUT2D eigenvalue weighted by Crippen LogP contribution is -2.41. The molecule has 0 aromatic heterocycles. The molecule has 0 aromatic rings. The fourth-order valence-corrected chi connectivity index (χ4v) is 3.64. The third-order valence-corrected chi connectivity index (χ3v) is 4.68. The maximum Gasteiger partial charge on any atom is 0.303 e. The van der Waals surface area contributed by atoms with E-state index in [1.807, 2.05) is 0 Å². The molecule has 2 heterocycles. The second kappa shape index (κ2) is 8.63. The molecule has 4 nitrogen and oxygen atoms in total. The van der Waals surface area contributed by atoms with Crippen LogP contribution in [0.3, 0.4) is 0 Å². The van der Waals surface area contributed by atoms with Gasteiger partial charge in [0, 0.05) is 19.5 Å². The maximum atomic E-state index is 10.6. The van der Waals surface area contributed by atoms with Gasteiger partial charge in [0.15, 0.2) is 0 Å². The molecule has 0 spiro atoms. The van der Waals surface area contributed by atoms with Crippen molar-refractivity contribution in [1.29, 1.82) is 0 Å². The normalized spacial score (nSPS) is 26.3. The molecule has 1 N–H and O–H groups in total. The second-order valence-corrected chi connectivity index (χ2v) is 6.52. The molecule has 2 aliphatic rings. The van der Waals surface area contributed by atoms with Gasteiger partial charge < -0.3 is 14.9 Å². The predicted octanol–water partition coefficient (Wildman–Crippen LogP) is 2.44. The van der Waals surface area contributed by atoms with Crippen LogP contribution in [0.5, 0.6) is 0 Å². The van der Waals surface area contributed by atoms with Crippen LogP contribution in [0.1, 0.15) is 51.4 Å². The summed E-state index contributed by atoms with van der Waals surface area (Å²) >= 11 is 0.